The van der Waals surface area contributed by atoms with Crippen molar-refractivity contribution in [3.05, 3.63) is 90.1 Å². The first kappa shape index (κ1) is 31.0. The van der Waals surface area contributed by atoms with Crippen molar-refractivity contribution in [2.75, 3.05) is 0 Å². The van der Waals surface area contributed by atoms with Gasteiger partial charge in [-0.05, 0) is 23.3 Å². The van der Waals surface area contributed by atoms with E-state index in [9.17, 15) is 18.7 Å². The second-order valence-electron chi connectivity index (χ2n) is 7.83. The van der Waals surface area contributed by atoms with E-state index in [1.54, 1.807) is 49.1 Å². The quantitative estimate of drug-likeness (QED) is 0.170. The fourth-order valence-corrected chi connectivity index (χ4v) is 4.78. The van der Waals surface area contributed by atoms with Crippen molar-refractivity contribution in [1.29, 1.82) is 0 Å². The third kappa shape index (κ3) is 6.79. The minimum atomic E-state index is -5.67. The van der Waals surface area contributed by atoms with Gasteiger partial charge < -0.3 is 18.9 Å². The van der Waals surface area contributed by atoms with Crippen LogP contribution in [0, 0.1) is 11.6 Å². The fraction of sp³-hybridized carbons (Fsp3) is 0.227. The van der Waals surface area contributed by atoms with E-state index in [1.807, 2.05) is 6.07 Å². The third-order valence-corrected chi connectivity index (χ3v) is 6.30. The van der Waals surface area contributed by atoms with Gasteiger partial charge in [-0.15, -0.1) is 0 Å². The molecule has 0 unspecified atom stereocenters. The molecule has 0 aliphatic heterocycles. The first-order valence-corrected chi connectivity index (χ1v) is 11.6. The molecule has 0 saturated carbocycles. The number of phosphoric ester groups is 1. The molecule has 0 saturated heterocycles. The molecule has 0 aliphatic carbocycles. The molecule has 0 amide bonds. The number of aryl methyl sites for hydroxylation is 1. The summed E-state index contributed by atoms with van der Waals surface area (Å²) in [7, 11) is -3.87. The molecule has 0 aliphatic rings. The van der Waals surface area contributed by atoms with Gasteiger partial charge in [-0.3, -0.25) is 4.68 Å². The minimum Gasteiger partial charge on any atom is -0.790 e. The molecule has 178 valence electrons. The number of hydrogen-bond acceptors (Lipinski definition) is 7. The maximum absolute atomic E-state index is 15.1. The van der Waals surface area contributed by atoms with Crippen LogP contribution in [-0.2, 0) is 28.3 Å². The Hall–Kier alpha value is -1.24. The molecular weight excluding hydrogens is 513 g/mol. The monoisotopic (exact) mass is 533 g/mol. The van der Waals surface area contributed by atoms with Crippen molar-refractivity contribution in [3.8, 4) is 11.3 Å². The number of rotatable bonds is 8. The summed E-state index contributed by atoms with van der Waals surface area (Å²) in [5.41, 5.74) is -0.163. The molecule has 2 aromatic carbocycles. The molecule has 2 aromatic heterocycles. The van der Waals surface area contributed by atoms with Crippen molar-refractivity contribution < 1.29 is 86.8 Å². The number of nitrogens with zero attached hydrogens (tertiary/aromatic N) is 5. The molecule has 4 aromatic rings. The average molecular weight is 533 g/mol. The van der Waals surface area contributed by atoms with E-state index in [0.29, 0.717) is 11.6 Å². The van der Waals surface area contributed by atoms with Crippen LogP contribution in [0.1, 0.15) is 24.0 Å². The molecule has 0 radical (unpaired) electrons. The van der Waals surface area contributed by atoms with Crippen LogP contribution in [0.15, 0.2) is 67.4 Å². The third-order valence-electron chi connectivity index (χ3n) is 5.75. The first-order chi connectivity index (χ1) is 16.1. The zero-order valence-electron chi connectivity index (χ0n) is 20.2. The van der Waals surface area contributed by atoms with Crippen LogP contribution in [0.2, 0.25) is 0 Å². The Labute approximate surface area is 250 Å². The normalized spacial score (nSPS) is 13.8. The first-order valence-electron chi connectivity index (χ1n) is 10.2. The summed E-state index contributed by atoms with van der Waals surface area (Å²) in [4.78, 5) is 27.6. The Morgan fingerprint density at radius 3 is 2.31 bits per heavy atom. The van der Waals surface area contributed by atoms with Gasteiger partial charge in [0.1, 0.15) is 29.9 Å². The Balaban J connectivity index is 0.00000228. The maximum Gasteiger partial charge on any atom is 1.00 e. The largest absolute Gasteiger partial charge is 1.00 e. The molecule has 36 heavy (non-hydrogen) atoms. The van der Waals surface area contributed by atoms with Crippen molar-refractivity contribution in [2.45, 2.75) is 25.0 Å². The Morgan fingerprint density at radius 2 is 1.78 bits per heavy atom. The topological polar surface area (TPSA) is 121 Å². The van der Waals surface area contributed by atoms with Gasteiger partial charge in [-0.2, -0.15) is 10.2 Å². The van der Waals surface area contributed by atoms with Gasteiger partial charge in [0.05, 0.1) is 20.1 Å². The number of benzene rings is 2. The second-order valence-corrected chi connectivity index (χ2v) is 8.91. The van der Waals surface area contributed by atoms with E-state index in [1.165, 1.54) is 17.3 Å². The van der Waals surface area contributed by atoms with Crippen molar-refractivity contribution in [1.82, 2.24) is 24.5 Å². The van der Waals surface area contributed by atoms with Crippen LogP contribution in [0.5, 0.6) is 0 Å². The maximum atomic E-state index is 15.1. The van der Waals surface area contributed by atoms with Crippen LogP contribution >= 0.6 is 7.82 Å². The number of hydrogen-bond donors (Lipinski definition) is 0. The summed E-state index contributed by atoms with van der Waals surface area (Å²) in [5.74, 6) is -2.82. The number of aromatic nitrogens is 5. The standard InChI is InChI=1S/C22H22F2N5O4P.2Na/c1-15(16-3-5-17(6-4-16)21-9-10-26-28(21)2)22(33-34(30,31)32,12-29-14-25-13-27-29)19-8-7-18(23)11-20(19)24;;/h3-11,13-15H,12H2,1-2H3,(H2,30,31,32);;/q;2*+1/p-2/t15-,22-;;/m1../s1. The van der Waals surface area contributed by atoms with Gasteiger partial charge >= 0.3 is 59.1 Å². The van der Waals surface area contributed by atoms with Crippen molar-refractivity contribution >= 4 is 7.82 Å². The van der Waals surface area contributed by atoms with Gasteiger partial charge in [-0.1, -0.05) is 37.3 Å². The van der Waals surface area contributed by atoms with Gasteiger partial charge in [-0.25, -0.2) is 18.4 Å². The molecule has 2 atom stereocenters. The molecular formula is C22H20F2N5Na2O4P. The van der Waals surface area contributed by atoms with Crippen LogP contribution in [0.4, 0.5) is 8.78 Å². The Morgan fingerprint density at radius 1 is 1.08 bits per heavy atom. The van der Waals surface area contributed by atoms with E-state index in [2.05, 4.69) is 15.2 Å². The number of halogens is 2. The molecule has 9 nitrogen and oxygen atoms in total. The van der Waals surface area contributed by atoms with Crippen LogP contribution in [0.25, 0.3) is 11.3 Å². The van der Waals surface area contributed by atoms with Crippen molar-refractivity contribution in [3.63, 3.8) is 0 Å². The van der Waals surface area contributed by atoms with Crippen molar-refractivity contribution in [2.24, 2.45) is 7.05 Å². The zero-order valence-corrected chi connectivity index (χ0v) is 25.1. The summed E-state index contributed by atoms with van der Waals surface area (Å²) in [6.45, 7) is 1.21. The van der Waals surface area contributed by atoms with Crippen LogP contribution in [-0.4, -0.2) is 24.5 Å². The minimum absolute atomic E-state index is 0. The molecule has 0 bridgehead atoms. The van der Waals surface area contributed by atoms with Gasteiger partial charge in [0.2, 0.25) is 0 Å². The van der Waals surface area contributed by atoms with E-state index in [-0.39, 0.29) is 71.2 Å². The summed E-state index contributed by atoms with van der Waals surface area (Å²) < 4.78 is 48.7. The second kappa shape index (κ2) is 12.5. The molecule has 4 rings (SSSR count). The molecule has 0 N–H and O–H groups in total. The zero-order chi connectivity index (χ0) is 24.5. The summed E-state index contributed by atoms with van der Waals surface area (Å²) >= 11 is 0. The van der Waals surface area contributed by atoms with Crippen LogP contribution < -0.4 is 68.9 Å². The molecule has 14 heteroatoms. The molecule has 2 heterocycles. The van der Waals surface area contributed by atoms with Gasteiger partial charge in [0.15, 0.2) is 0 Å². The van der Waals surface area contributed by atoms with E-state index >= 15 is 4.39 Å². The smallest absolute Gasteiger partial charge is 0.790 e. The summed E-state index contributed by atoms with van der Waals surface area (Å²) in [5, 5.41) is 8.10. The number of phosphoric acid groups is 1. The summed E-state index contributed by atoms with van der Waals surface area (Å²) in [6.07, 6.45) is 4.13. The van der Waals surface area contributed by atoms with Gasteiger partial charge in [0, 0.05) is 30.8 Å². The fourth-order valence-electron chi connectivity index (χ4n) is 4.07. The van der Waals surface area contributed by atoms with E-state index in [4.69, 9.17) is 4.52 Å². The molecule has 0 fully saturated rings. The Kier molecular flexibility index (Phi) is 10.8. The molecule has 0 spiro atoms. The van der Waals surface area contributed by atoms with E-state index in [0.717, 1.165) is 23.4 Å². The predicted octanol–water partition coefficient (Wildman–Crippen LogP) is -3.49. The summed E-state index contributed by atoms with van der Waals surface area (Å²) in [6, 6.07) is 11.5. The van der Waals surface area contributed by atoms with E-state index < -0.39 is 31.0 Å². The SMILES string of the molecule is C[C@H](c1ccc(-c2ccnn2C)cc1)[C@@](Cn1cncn1)(OP(=O)([O-])[O-])c1ccc(F)cc1F.[Na+].[Na+]. The average Bonchev–Trinajstić information content (AvgIpc) is 3.43. The van der Waals surface area contributed by atoms with Gasteiger partial charge in [0.25, 0.3) is 0 Å². The van der Waals surface area contributed by atoms with Crippen LogP contribution in [0.3, 0.4) is 0 Å². The predicted molar refractivity (Wildman–Crippen MR) is 114 cm³/mol. The Bertz CT molecular complexity index is 1330.